The highest BCUT2D eigenvalue weighted by Gasteiger charge is 2.44. The number of hydrogen-bond acceptors (Lipinski definition) is 4. The van der Waals surface area contributed by atoms with E-state index in [2.05, 4.69) is 19.1 Å². The van der Waals surface area contributed by atoms with Crippen molar-refractivity contribution in [3.05, 3.63) is 103 Å². The van der Waals surface area contributed by atoms with Crippen LogP contribution in [0.15, 0.2) is 122 Å². The molecule has 5 rings (SSSR count). The van der Waals surface area contributed by atoms with Gasteiger partial charge in [-0.3, -0.25) is 0 Å². The van der Waals surface area contributed by atoms with Crippen molar-refractivity contribution in [2.24, 2.45) is 0 Å². The minimum Gasteiger partial charge on any atom is -0.490 e. The first-order valence-corrected chi connectivity index (χ1v) is 13.9. The van der Waals surface area contributed by atoms with Crippen molar-refractivity contribution in [1.82, 2.24) is 0 Å². The van der Waals surface area contributed by atoms with E-state index >= 15 is 0 Å². The summed E-state index contributed by atoms with van der Waals surface area (Å²) in [5.74, 6) is 1.59. The Balaban J connectivity index is 1.32. The van der Waals surface area contributed by atoms with Crippen LogP contribution in [0, 0.1) is 0 Å². The Hall–Kier alpha value is -3.22. The van der Waals surface area contributed by atoms with Gasteiger partial charge >= 0.3 is 0 Å². The summed E-state index contributed by atoms with van der Waals surface area (Å²) in [5.41, 5.74) is 1.28. The number of sulfone groups is 1. The van der Waals surface area contributed by atoms with E-state index in [4.69, 9.17) is 9.47 Å². The summed E-state index contributed by atoms with van der Waals surface area (Å²) < 4.78 is 38.0. The lowest BCUT2D eigenvalue weighted by Gasteiger charge is -2.19. The third-order valence-electron chi connectivity index (χ3n) is 5.73. The summed E-state index contributed by atoms with van der Waals surface area (Å²) in [4.78, 5) is 3.49. The molecule has 0 spiro atoms. The first-order valence-electron chi connectivity index (χ1n) is 11.2. The second-order valence-electron chi connectivity index (χ2n) is 7.87. The van der Waals surface area contributed by atoms with Crippen LogP contribution in [0.25, 0.3) is 0 Å². The average Bonchev–Trinajstić information content (AvgIpc) is 2.88. The summed E-state index contributed by atoms with van der Waals surface area (Å²) in [6.07, 6.45) is 1.01. The lowest BCUT2D eigenvalue weighted by molar-refractivity contribution is 0.217. The van der Waals surface area contributed by atoms with Crippen LogP contribution in [-0.4, -0.2) is 21.6 Å². The second kappa shape index (κ2) is 9.57. The maximum atomic E-state index is 13.2. The molecule has 1 aliphatic heterocycles. The molecule has 34 heavy (non-hydrogen) atoms. The molecule has 0 saturated carbocycles. The van der Waals surface area contributed by atoms with E-state index in [1.165, 1.54) is 5.56 Å². The first-order chi connectivity index (χ1) is 16.6. The monoisotopic (exact) mass is 489 g/mol. The molecule has 4 aromatic carbocycles. The second-order valence-corrected chi connectivity index (χ2v) is 11.7. The van der Waals surface area contributed by atoms with E-state index in [9.17, 15) is 8.42 Å². The van der Waals surface area contributed by atoms with Gasteiger partial charge in [0, 0.05) is 0 Å². The van der Waals surface area contributed by atoms with Crippen LogP contribution in [0.2, 0.25) is 0 Å². The molecule has 172 valence electrons. The highest BCUT2D eigenvalue weighted by molar-refractivity contribution is 8.00. The maximum Gasteiger partial charge on any atom is 0.216 e. The smallest absolute Gasteiger partial charge is 0.216 e. The fraction of sp³-hybridized carbons (Fsp3) is 0.143. The molecular formula is C28H25O4S2+. The molecule has 0 radical (unpaired) electrons. The van der Waals surface area contributed by atoms with Crippen LogP contribution in [0.1, 0.15) is 12.5 Å². The lowest BCUT2D eigenvalue weighted by Crippen LogP contribution is -2.20. The van der Waals surface area contributed by atoms with Crippen molar-refractivity contribution in [2.45, 2.75) is 37.8 Å². The molecule has 6 heteroatoms. The standard InChI is InChI=1S/C28H25O4S2/c1-2-21-11-13-22(14-12-21)31-19-20-32-23-15-17-24(18-16-23)33-25-7-3-5-9-27(25)34(29,30)28-10-6-4-8-26(28)33/h3-18H,2,19-20H2,1H3/q+1. The summed E-state index contributed by atoms with van der Waals surface area (Å²) in [6.45, 7) is 3.02. The number of hydrogen-bond donors (Lipinski definition) is 0. The summed E-state index contributed by atoms with van der Waals surface area (Å²) >= 11 is 0. The largest absolute Gasteiger partial charge is 0.490 e. The van der Waals surface area contributed by atoms with Gasteiger partial charge in [0.15, 0.2) is 14.7 Å². The zero-order valence-corrected chi connectivity index (χ0v) is 20.4. The number of fused-ring (bicyclic) bond motifs is 2. The fourth-order valence-electron chi connectivity index (χ4n) is 3.98. The molecule has 1 aliphatic rings. The fourth-order valence-corrected chi connectivity index (χ4v) is 8.68. The quantitative estimate of drug-likeness (QED) is 0.209. The molecule has 0 amide bonds. The van der Waals surface area contributed by atoms with Crippen molar-refractivity contribution in [2.75, 3.05) is 13.2 Å². The Bertz CT molecular complexity index is 1340. The normalized spacial score (nSPS) is 14.1. The van der Waals surface area contributed by atoms with Gasteiger partial charge < -0.3 is 9.47 Å². The molecule has 0 unspecified atom stereocenters. The molecule has 1 heterocycles. The van der Waals surface area contributed by atoms with E-state index < -0.39 is 20.7 Å². The Morgan fingerprint density at radius 3 is 1.62 bits per heavy atom. The van der Waals surface area contributed by atoms with Crippen LogP contribution >= 0.6 is 0 Å². The highest BCUT2D eigenvalue weighted by atomic mass is 32.2. The van der Waals surface area contributed by atoms with Gasteiger partial charge in [-0.25, -0.2) is 8.42 Å². The SMILES string of the molecule is CCc1ccc(OCCOc2ccc([S+]3c4ccccc4S(=O)(=O)c4ccccc43)cc2)cc1. The Labute approximate surface area is 203 Å². The third-order valence-corrected chi connectivity index (χ3v) is 10.2. The minimum absolute atomic E-state index is 0.390. The summed E-state index contributed by atoms with van der Waals surface area (Å²) in [5, 5.41) is 0. The molecule has 0 aliphatic carbocycles. The van der Waals surface area contributed by atoms with Crippen molar-refractivity contribution in [3.63, 3.8) is 0 Å². The molecule has 0 N–H and O–H groups in total. The summed E-state index contributed by atoms with van der Waals surface area (Å²) in [6, 6.07) is 30.6. The van der Waals surface area contributed by atoms with E-state index in [-0.39, 0.29) is 0 Å². The molecule has 0 atom stereocenters. The summed E-state index contributed by atoms with van der Waals surface area (Å²) in [7, 11) is -4.03. The molecule has 4 aromatic rings. The van der Waals surface area contributed by atoms with Gasteiger partial charge in [-0.05, 0) is 72.6 Å². The van der Waals surface area contributed by atoms with Crippen LogP contribution in [0.3, 0.4) is 0 Å². The van der Waals surface area contributed by atoms with E-state index in [0.29, 0.717) is 23.0 Å². The van der Waals surface area contributed by atoms with Gasteiger partial charge in [0.25, 0.3) is 0 Å². The van der Waals surface area contributed by atoms with Crippen molar-refractivity contribution < 1.29 is 17.9 Å². The van der Waals surface area contributed by atoms with E-state index in [1.807, 2.05) is 60.7 Å². The van der Waals surface area contributed by atoms with Gasteiger partial charge in [0.1, 0.15) is 45.4 Å². The molecular weight excluding hydrogens is 464 g/mol. The van der Waals surface area contributed by atoms with Crippen LogP contribution in [-0.2, 0) is 27.2 Å². The van der Waals surface area contributed by atoms with Crippen LogP contribution < -0.4 is 9.47 Å². The van der Waals surface area contributed by atoms with Gasteiger partial charge in [-0.15, -0.1) is 0 Å². The van der Waals surface area contributed by atoms with Crippen molar-refractivity contribution in [1.29, 1.82) is 0 Å². The van der Waals surface area contributed by atoms with Gasteiger partial charge in [0.2, 0.25) is 9.84 Å². The number of ether oxygens (including phenoxy) is 2. The zero-order valence-electron chi connectivity index (χ0n) is 18.8. The van der Waals surface area contributed by atoms with Gasteiger partial charge in [0.05, 0.1) is 0 Å². The van der Waals surface area contributed by atoms with Crippen LogP contribution in [0.4, 0.5) is 0 Å². The predicted molar refractivity (Wildman–Crippen MR) is 134 cm³/mol. The van der Waals surface area contributed by atoms with E-state index in [0.717, 1.165) is 32.6 Å². The lowest BCUT2D eigenvalue weighted by atomic mass is 10.2. The number of benzene rings is 4. The molecule has 4 nitrogen and oxygen atoms in total. The Kier molecular flexibility index (Phi) is 6.35. The predicted octanol–water partition coefficient (Wildman–Crippen LogP) is 5.95. The van der Waals surface area contributed by atoms with Crippen LogP contribution in [0.5, 0.6) is 11.5 Å². The maximum absolute atomic E-state index is 13.2. The van der Waals surface area contributed by atoms with Crippen molar-refractivity contribution >= 4 is 20.7 Å². The van der Waals surface area contributed by atoms with Gasteiger partial charge in [-0.2, -0.15) is 0 Å². The minimum atomic E-state index is -3.52. The Morgan fingerprint density at radius 2 is 1.12 bits per heavy atom. The van der Waals surface area contributed by atoms with Crippen molar-refractivity contribution in [3.8, 4) is 11.5 Å². The molecule has 0 saturated heterocycles. The highest BCUT2D eigenvalue weighted by Crippen LogP contribution is 2.44. The number of rotatable bonds is 7. The third kappa shape index (κ3) is 4.31. The zero-order chi connectivity index (χ0) is 23.5. The van der Waals surface area contributed by atoms with Gasteiger partial charge in [-0.1, -0.05) is 43.3 Å². The topological polar surface area (TPSA) is 52.6 Å². The Morgan fingerprint density at radius 1 is 0.647 bits per heavy atom. The first kappa shape index (κ1) is 22.6. The molecule has 0 fully saturated rings. The van der Waals surface area contributed by atoms with E-state index in [1.54, 1.807) is 24.3 Å². The molecule has 0 bridgehead atoms. The number of aryl methyl sites for hydroxylation is 1. The molecule has 0 aromatic heterocycles. The average molecular weight is 490 g/mol.